The van der Waals surface area contributed by atoms with Gasteiger partial charge in [0.05, 0.1) is 18.7 Å². The average Bonchev–Trinajstić information content (AvgIpc) is 2.27. The number of carbonyl (C=O) groups is 1. The second kappa shape index (κ2) is 7.62. The molecule has 1 aromatic carbocycles. The van der Waals surface area contributed by atoms with Crippen LogP contribution in [0.2, 0.25) is 0 Å². The van der Waals surface area contributed by atoms with Crippen molar-refractivity contribution in [2.45, 2.75) is 26.0 Å². The molecule has 19 heavy (non-hydrogen) atoms. The van der Waals surface area contributed by atoms with Crippen molar-refractivity contribution in [3.05, 3.63) is 34.3 Å². The number of rotatable bonds is 6. The largest absolute Gasteiger partial charge is 0.392 e. The van der Waals surface area contributed by atoms with Gasteiger partial charge in [0, 0.05) is 11.0 Å². The van der Waals surface area contributed by atoms with E-state index in [1.54, 1.807) is 11.8 Å². The van der Waals surface area contributed by atoms with Gasteiger partial charge in [-0.05, 0) is 38.6 Å². The number of nitrogens with one attached hydrogen (secondary N) is 1. The van der Waals surface area contributed by atoms with Gasteiger partial charge < -0.3 is 10.4 Å². The Morgan fingerprint density at radius 3 is 2.47 bits per heavy atom. The van der Waals surface area contributed by atoms with Gasteiger partial charge in [0.1, 0.15) is 0 Å². The first-order valence-electron chi connectivity index (χ1n) is 6.30. The summed E-state index contributed by atoms with van der Waals surface area (Å²) in [6, 6.07) is 7.85. The number of aliphatic hydroxyl groups is 1. The third-order valence-corrected chi connectivity index (χ3v) is 3.27. The third kappa shape index (κ3) is 6.18. The average molecular weight is 329 g/mol. The zero-order valence-corrected chi connectivity index (χ0v) is 13.1. The Morgan fingerprint density at radius 1 is 1.37 bits per heavy atom. The van der Waals surface area contributed by atoms with Gasteiger partial charge in [0.2, 0.25) is 5.91 Å². The van der Waals surface area contributed by atoms with Crippen molar-refractivity contribution in [2.75, 3.05) is 20.1 Å². The summed E-state index contributed by atoms with van der Waals surface area (Å²) in [6.45, 7) is 4.43. The summed E-state index contributed by atoms with van der Waals surface area (Å²) in [5.41, 5.74) is 1.06. The Morgan fingerprint density at radius 2 is 1.95 bits per heavy atom. The maximum atomic E-state index is 11.8. The number of carbonyl (C=O) groups excluding carboxylic acids is 1. The molecule has 0 saturated carbocycles. The highest BCUT2D eigenvalue weighted by molar-refractivity contribution is 9.10. The Hall–Kier alpha value is -0.910. The van der Waals surface area contributed by atoms with Crippen LogP contribution in [-0.2, 0) is 4.79 Å². The lowest BCUT2D eigenvalue weighted by atomic mass is 10.1. The smallest absolute Gasteiger partial charge is 0.234 e. The van der Waals surface area contributed by atoms with Gasteiger partial charge in [-0.2, -0.15) is 0 Å². The molecule has 0 aliphatic carbocycles. The van der Waals surface area contributed by atoms with E-state index in [2.05, 4.69) is 21.2 Å². The lowest BCUT2D eigenvalue weighted by Crippen LogP contribution is -2.38. The van der Waals surface area contributed by atoms with Crippen molar-refractivity contribution >= 4 is 21.8 Å². The van der Waals surface area contributed by atoms with Crippen molar-refractivity contribution in [2.24, 2.45) is 0 Å². The molecule has 0 spiro atoms. The Bertz CT molecular complexity index is 406. The molecule has 106 valence electrons. The molecule has 4 nitrogen and oxygen atoms in total. The Labute approximate surface area is 122 Å². The first-order chi connectivity index (χ1) is 8.88. The molecular weight excluding hydrogens is 308 g/mol. The lowest BCUT2D eigenvalue weighted by molar-refractivity contribution is -0.122. The minimum atomic E-state index is -0.429. The SMILES string of the molecule is CC(O)CN(C)CC(=O)NC(C)c1ccc(Br)cc1. The molecule has 0 radical (unpaired) electrons. The Balaban J connectivity index is 2.45. The van der Waals surface area contributed by atoms with Crippen LogP contribution in [0.3, 0.4) is 0 Å². The zero-order valence-electron chi connectivity index (χ0n) is 11.6. The van der Waals surface area contributed by atoms with E-state index in [1.165, 1.54) is 0 Å². The molecule has 2 atom stereocenters. The standard InChI is InChI=1S/C14H21BrN2O2/c1-10(18)8-17(3)9-14(19)16-11(2)12-4-6-13(15)7-5-12/h4-7,10-11,18H,8-9H2,1-3H3,(H,16,19). The van der Waals surface area contributed by atoms with Crippen LogP contribution in [0.4, 0.5) is 0 Å². The number of aliphatic hydroxyl groups excluding tert-OH is 1. The number of hydrogen-bond acceptors (Lipinski definition) is 3. The highest BCUT2D eigenvalue weighted by Gasteiger charge is 2.12. The van der Waals surface area contributed by atoms with Crippen LogP contribution in [0.25, 0.3) is 0 Å². The van der Waals surface area contributed by atoms with Gasteiger partial charge >= 0.3 is 0 Å². The quantitative estimate of drug-likeness (QED) is 0.839. The minimum Gasteiger partial charge on any atom is -0.392 e. The molecule has 2 N–H and O–H groups in total. The lowest BCUT2D eigenvalue weighted by Gasteiger charge is -2.20. The molecule has 0 aromatic heterocycles. The summed E-state index contributed by atoms with van der Waals surface area (Å²) in [4.78, 5) is 13.6. The summed E-state index contributed by atoms with van der Waals surface area (Å²) in [6.07, 6.45) is -0.429. The molecule has 5 heteroatoms. The van der Waals surface area contributed by atoms with E-state index >= 15 is 0 Å². The normalized spacial score (nSPS) is 14.2. The molecular formula is C14H21BrN2O2. The summed E-state index contributed by atoms with van der Waals surface area (Å²) >= 11 is 3.38. The van der Waals surface area contributed by atoms with Crippen LogP contribution in [0.5, 0.6) is 0 Å². The van der Waals surface area contributed by atoms with Crippen LogP contribution in [0.15, 0.2) is 28.7 Å². The van der Waals surface area contributed by atoms with E-state index in [0.717, 1.165) is 10.0 Å². The molecule has 0 saturated heterocycles. The van der Waals surface area contributed by atoms with Crippen molar-refractivity contribution in [3.63, 3.8) is 0 Å². The topological polar surface area (TPSA) is 52.6 Å². The predicted molar refractivity (Wildman–Crippen MR) is 79.9 cm³/mol. The van der Waals surface area contributed by atoms with Crippen LogP contribution in [-0.4, -0.2) is 42.2 Å². The number of halogens is 1. The molecule has 0 aliphatic heterocycles. The summed E-state index contributed by atoms with van der Waals surface area (Å²) in [5.74, 6) is -0.0430. The maximum absolute atomic E-state index is 11.8. The molecule has 1 aromatic rings. The fraction of sp³-hybridized carbons (Fsp3) is 0.500. The monoisotopic (exact) mass is 328 g/mol. The summed E-state index contributed by atoms with van der Waals surface area (Å²) in [5, 5.41) is 12.2. The Kier molecular flexibility index (Phi) is 6.48. The molecule has 1 rings (SSSR count). The predicted octanol–water partition coefficient (Wildman–Crippen LogP) is 1.94. The molecule has 0 aliphatic rings. The second-order valence-electron chi connectivity index (χ2n) is 4.89. The summed E-state index contributed by atoms with van der Waals surface area (Å²) in [7, 11) is 1.82. The van der Waals surface area contributed by atoms with Crippen LogP contribution in [0, 0.1) is 0 Å². The van der Waals surface area contributed by atoms with E-state index < -0.39 is 6.10 Å². The van der Waals surface area contributed by atoms with Crippen LogP contribution in [0.1, 0.15) is 25.5 Å². The van der Waals surface area contributed by atoms with Crippen LogP contribution >= 0.6 is 15.9 Å². The highest BCUT2D eigenvalue weighted by Crippen LogP contribution is 2.16. The second-order valence-corrected chi connectivity index (χ2v) is 5.80. The van der Waals surface area contributed by atoms with Gasteiger partial charge in [-0.25, -0.2) is 0 Å². The van der Waals surface area contributed by atoms with Crippen molar-refractivity contribution < 1.29 is 9.90 Å². The van der Waals surface area contributed by atoms with E-state index in [-0.39, 0.29) is 18.5 Å². The molecule has 2 unspecified atom stereocenters. The minimum absolute atomic E-state index is 0.0273. The van der Waals surface area contributed by atoms with Gasteiger partial charge in [0.15, 0.2) is 0 Å². The van der Waals surface area contributed by atoms with E-state index in [9.17, 15) is 9.90 Å². The fourth-order valence-corrected chi connectivity index (χ4v) is 2.15. The van der Waals surface area contributed by atoms with E-state index in [4.69, 9.17) is 0 Å². The number of amides is 1. The summed E-state index contributed by atoms with van der Waals surface area (Å²) < 4.78 is 1.02. The van der Waals surface area contributed by atoms with Crippen molar-refractivity contribution in [1.29, 1.82) is 0 Å². The first-order valence-corrected chi connectivity index (χ1v) is 7.09. The number of nitrogens with zero attached hydrogens (tertiary/aromatic N) is 1. The first kappa shape index (κ1) is 16.1. The maximum Gasteiger partial charge on any atom is 0.234 e. The highest BCUT2D eigenvalue weighted by atomic mass is 79.9. The number of hydrogen-bond donors (Lipinski definition) is 2. The third-order valence-electron chi connectivity index (χ3n) is 2.74. The number of benzene rings is 1. The van der Waals surface area contributed by atoms with E-state index in [1.807, 2.05) is 38.2 Å². The molecule has 0 heterocycles. The van der Waals surface area contributed by atoms with Crippen molar-refractivity contribution in [1.82, 2.24) is 10.2 Å². The van der Waals surface area contributed by atoms with Gasteiger partial charge in [-0.3, -0.25) is 9.69 Å². The van der Waals surface area contributed by atoms with Gasteiger partial charge in [-0.1, -0.05) is 28.1 Å². The van der Waals surface area contributed by atoms with Gasteiger partial charge in [0.25, 0.3) is 0 Å². The fourth-order valence-electron chi connectivity index (χ4n) is 1.88. The molecule has 1 amide bonds. The molecule has 0 bridgehead atoms. The van der Waals surface area contributed by atoms with E-state index in [0.29, 0.717) is 6.54 Å². The van der Waals surface area contributed by atoms with Crippen LogP contribution < -0.4 is 5.32 Å². The number of likely N-dealkylation sites (N-methyl/N-ethyl adjacent to an activating group) is 1. The van der Waals surface area contributed by atoms with Gasteiger partial charge in [-0.15, -0.1) is 0 Å². The molecule has 0 fully saturated rings. The zero-order chi connectivity index (χ0) is 14.4. The van der Waals surface area contributed by atoms with Crippen molar-refractivity contribution in [3.8, 4) is 0 Å².